The lowest BCUT2D eigenvalue weighted by Crippen LogP contribution is -2.01. The highest BCUT2D eigenvalue weighted by Crippen LogP contribution is 2.18. The third-order valence-corrected chi connectivity index (χ3v) is 2.03. The second kappa shape index (κ2) is 4.28. The molecular weight excluding hydrogens is 166 g/mol. The number of ether oxygens (including phenoxy) is 1. The van der Waals surface area contributed by atoms with Crippen LogP contribution in [-0.2, 0) is 18.4 Å². The molecule has 0 amide bonds. The van der Waals surface area contributed by atoms with Gasteiger partial charge in [-0.25, -0.2) is 0 Å². The van der Waals surface area contributed by atoms with E-state index in [1.54, 1.807) is 0 Å². The molecule has 0 aliphatic heterocycles. The first-order valence-electron chi connectivity index (χ1n) is 4.48. The highest BCUT2D eigenvalue weighted by molar-refractivity contribution is 5.46. The van der Waals surface area contributed by atoms with Crippen molar-refractivity contribution in [3.05, 3.63) is 11.3 Å². The van der Waals surface area contributed by atoms with Crippen LogP contribution in [0, 0.1) is 6.92 Å². The molecule has 0 fully saturated rings. The Kier molecular flexibility index (Phi) is 3.31. The van der Waals surface area contributed by atoms with Gasteiger partial charge in [0.2, 0.25) is 0 Å². The van der Waals surface area contributed by atoms with Gasteiger partial charge in [0.15, 0.2) is 0 Å². The number of aromatic nitrogens is 2. The van der Waals surface area contributed by atoms with Gasteiger partial charge in [-0.15, -0.1) is 0 Å². The predicted octanol–water partition coefficient (Wildman–Crippen LogP) is 1.31. The number of anilines is 1. The Balaban J connectivity index is 2.89. The fourth-order valence-electron chi connectivity index (χ4n) is 1.39. The molecule has 0 saturated heterocycles. The van der Waals surface area contributed by atoms with E-state index >= 15 is 0 Å². The second-order valence-corrected chi connectivity index (χ2v) is 2.92. The summed E-state index contributed by atoms with van der Waals surface area (Å²) >= 11 is 0. The zero-order valence-electron chi connectivity index (χ0n) is 8.72. The maximum Gasteiger partial charge on any atom is 0.129 e. The minimum absolute atomic E-state index is 0.631. The summed E-state index contributed by atoms with van der Waals surface area (Å²) in [6, 6.07) is 0. The average molecular weight is 183 g/mol. The molecular formula is C9H17N3O. The predicted molar refractivity (Wildman–Crippen MR) is 52.8 cm³/mol. The minimum Gasteiger partial charge on any atom is -0.377 e. The van der Waals surface area contributed by atoms with E-state index in [9.17, 15) is 0 Å². The number of hydrogen-bond acceptors (Lipinski definition) is 3. The van der Waals surface area contributed by atoms with E-state index in [1.807, 2.05) is 32.6 Å². The van der Waals surface area contributed by atoms with Gasteiger partial charge in [-0.2, -0.15) is 5.10 Å². The molecule has 1 aromatic rings. The fourth-order valence-corrected chi connectivity index (χ4v) is 1.39. The molecule has 0 aromatic carbocycles. The van der Waals surface area contributed by atoms with E-state index in [0.29, 0.717) is 6.61 Å². The van der Waals surface area contributed by atoms with Gasteiger partial charge in [-0.1, -0.05) is 0 Å². The van der Waals surface area contributed by atoms with Crippen LogP contribution in [-0.4, -0.2) is 23.4 Å². The van der Waals surface area contributed by atoms with Gasteiger partial charge in [0.1, 0.15) is 5.82 Å². The summed E-state index contributed by atoms with van der Waals surface area (Å²) in [6.07, 6.45) is 0. The summed E-state index contributed by atoms with van der Waals surface area (Å²) in [5.74, 6) is 1.03. The van der Waals surface area contributed by atoms with Crippen LogP contribution in [0.1, 0.15) is 18.2 Å². The van der Waals surface area contributed by atoms with Crippen LogP contribution in [0.2, 0.25) is 0 Å². The first-order chi connectivity index (χ1) is 6.20. The molecule has 0 aliphatic carbocycles. The first kappa shape index (κ1) is 10.1. The van der Waals surface area contributed by atoms with E-state index in [1.165, 1.54) is 0 Å². The third kappa shape index (κ3) is 2.01. The maximum absolute atomic E-state index is 5.36. The molecule has 0 radical (unpaired) electrons. The van der Waals surface area contributed by atoms with Gasteiger partial charge >= 0.3 is 0 Å². The van der Waals surface area contributed by atoms with E-state index < -0.39 is 0 Å². The minimum atomic E-state index is 0.631. The van der Waals surface area contributed by atoms with Crippen LogP contribution in [0.25, 0.3) is 0 Å². The standard InChI is InChI=1S/C9H17N3O/c1-5-13-6-8-7(2)11-12(4)9(8)10-3/h10H,5-6H2,1-4H3. The van der Waals surface area contributed by atoms with Gasteiger partial charge in [0, 0.05) is 26.3 Å². The summed E-state index contributed by atoms with van der Waals surface area (Å²) in [5.41, 5.74) is 2.17. The van der Waals surface area contributed by atoms with Crippen molar-refractivity contribution in [1.82, 2.24) is 9.78 Å². The van der Waals surface area contributed by atoms with Crippen molar-refractivity contribution in [2.24, 2.45) is 7.05 Å². The maximum atomic E-state index is 5.36. The molecule has 0 bridgehead atoms. The highest BCUT2D eigenvalue weighted by Gasteiger charge is 2.10. The van der Waals surface area contributed by atoms with Crippen LogP contribution >= 0.6 is 0 Å². The van der Waals surface area contributed by atoms with Crippen molar-refractivity contribution < 1.29 is 4.74 Å². The first-order valence-corrected chi connectivity index (χ1v) is 4.48. The van der Waals surface area contributed by atoms with Crippen molar-refractivity contribution in [2.75, 3.05) is 19.0 Å². The van der Waals surface area contributed by atoms with Crippen molar-refractivity contribution in [2.45, 2.75) is 20.5 Å². The summed E-state index contributed by atoms with van der Waals surface area (Å²) in [4.78, 5) is 0. The molecule has 13 heavy (non-hydrogen) atoms. The number of nitrogens with zero attached hydrogens (tertiary/aromatic N) is 2. The number of nitrogens with one attached hydrogen (secondary N) is 1. The van der Waals surface area contributed by atoms with Gasteiger partial charge in [0.05, 0.1) is 12.3 Å². The monoisotopic (exact) mass is 183 g/mol. The van der Waals surface area contributed by atoms with Crippen molar-refractivity contribution >= 4 is 5.82 Å². The summed E-state index contributed by atoms with van der Waals surface area (Å²) in [7, 11) is 3.82. The zero-order valence-corrected chi connectivity index (χ0v) is 8.72. The molecule has 0 atom stereocenters. The van der Waals surface area contributed by atoms with E-state index in [0.717, 1.165) is 23.7 Å². The van der Waals surface area contributed by atoms with Crippen LogP contribution in [0.5, 0.6) is 0 Å². The Morgan fingerprint density at radius 2 is 2.23 bits per heavy atom. The summed E-state index contributed by atoms with van der Waals surface area (Å²) in [5, 5.41) is 7.42. The molecule has 1 aromatic heterocycles. The van der Waals surface area contributed by atoms with Crippen molar-refractivity contribution in [1.29, 1.82) is 0 Å². The average Bonchev–Trinajstić information content (AvgIpc) is 2.37. The van der Waals surface area contributed by atoms with Gasteiger partial charge in [-0.3, -0.25) is 4.68 Å². The SMILES string of the molecule is CCOCc1c(C)nn(C)c1NC. The molecule has 0 saturated carbocycles. The molecule has 4 nitrogen and oxygen atoms in total. The Bertz CT molecular complexity index is 281. The molecule has 74 valence electrons. The Morgan fingerprint density at radius 1 is 1.54 bits per heavy atom. The quantitative estimate of drug-likeness (QED) is 0.765. The normalized spacial score (nSPS) is 10.5. The fraction of sp³-hybridized carbons (Fsp3) is 0.667. The lowest BCUT2D eigenvalue weighted by atomic mass is 10.2. The van der Waals surface area contributed by atoms with E-state index in [2.05, 4.69) is 10.4 Å². The summed E-state index contributed by atoms with van der Waals surface area (Å²) in [6.45, 7) is 5.35. The van der Waals surface area contributed by atoms with Crippen molar-refractivity contribution in [3.63, 3.8) is 0 Å². The second-order valence-electron chi connectivity index (χ2n) is 2.92. The highest BCUT2D eigenvalue weighted by atomic mass is 16.5. The third-order valence-electron chi connectivity index (χ3n) is 2.03. The van der Waals surface area contributed by atoms with Crippen LogP contribution < -0.4 is 5.32 Å². The number of hydrogen-bond donors (Lipinski definition) is 1. The topological polar surface area (TPSA) is 39.1 Å². The molecule has 0 aliphatic rings. The molecule has 0 spiro atoms. The van der Waals surface area contributed by atoms with Gasteiger partial charge in [0.25, 0.3) is 0 Å². The van der Waals surface area contributed by atoms with Crippen LogP contribution in [0.3, 0.4) is 0 Å². The lowest BCUT2D eigenvalue weighted by Gasteiger charge is -2.05. The Labute approximate surface area is 78.9 Å². The lowest BCUT2D eigenvalue weighted by molar-refractivity contribution is 0.134. The number of aryl methyl sites for hydroxylation is 2. The number of rotatable bonds is 4. The van der Waals surface area contributed by atoms with Gasteiger partial charge < -0.3 is 10.1 Å². The molecule has 1 rings (SSSR count). The van der Waals surface area contributed by atoms with Gasteiger partial charge in [-0.05, 0) is 13.8 Å². The smallest absolute Gasteiger partial charge is 0.129 e. The van der Waals surface area contributed by atoms with E-state index in [4.69, 9.17) is 4.74 Å². The molecule has 0 unspecified atom stereocenters. The molecule has 4 heteroatoms. The molecule has 1 heterocycles. The zero-order chi connectivity index (χ0) is 9.84. The Hall–Kier alpha value is -1.03. The van der Waals surface area contributed by atoms with Crippen LogP contribution in [0.15, 0.2) is 0 Å². The van der Waals surface area contributed by atoms with Crippen LogP contribution in [0.4, 0.5) is 5.82 Å². The van der Waals surface area contributed by atoms with Crippen molar-refractivity contribution in [3.8, 4) is 0 Å². The summed E-state index contributed by atoms with van der Waals surface area (Å²) < 4.78 is 7.20. The molecule has 1 N–H and O–H groups in total. The largest absolute Gasteiger partial charge is 0.377 e. The Morgan fingerprint density at radius 3 is 2.77 bits per heavy atom. The van der Waals surface area contributed by atoms with E-state index in [-0.39, 0.29) is 0 Å².